The van der Waals surface area contributed by atoms with Gasteiger partial charge in [0.2, 0.25) is 0 Å². The predicted molar refractivity (Wildman–Crippen MR) is 86.5 cm³/mol. The first-order valence-electron chi connectivity index (χ1n) is 7.07. The summed E-state index contributed by atoms with van der Waals surface area (Å²) in [7, 11) is 0. The summed E-state index contributed by atoms with van der Waals surface area (Å²) in [6, 6.07) is 10.6. The highest BCUT2D eigenvalue weighted by Crippen LogP contribution is 2.31. The first-order chi connectivity index (χ1) is 10.5. The van der Waals surface area contributed by atoms with Crippen LogP contribution in [0.1, 0.15) is 27.2 Å². The number of hydrogen-bond donors (Lipinski definition) is 2. The first-order valence-corrected chi connectivity index (χ1v) is 7.07. The van der Waals surface area contributed by atoms with Crippen molar-refractivity contribution in [3.63, 3.8) is 0 Å². The number of nitrogens with one attached hydrogen (secondary N) is 1. The number of phenolic OH excluding ortho intramolecular Hbond substituents is 1. The van der Waals surface area contributed by atoms with E-state index in [0.717, 1.165) is 27.7 Å². The fourth-order valence-electron chi connectivity index (χ4n) is 2.65. The second-order valence-corrected chi connectivity index (χ2v) is 5.43. The summed E-state index contributed by atoms with van der Waals surface area (Å²) in [5.74, 6) is -0.0679. The van der Waals surface area contributed by atoms with Gasteiger partial charge in [0.1, 0.15) is 11.3 Å². The minimum absolute atomic E-state index is 0.0250. The van der Waals surface area contributed by atoms with Crippen LogP contribution in [-0.4, -0.2) is 11.0 Å². The summed E-state index contributed by atoms with van der Waals surface area (Å²) in [6.07, 6.45) is 0. The van der Waals surface area contributed by atoms with Crippen molar-refractivity contribution < 1.29 is 14.3 Å². The number of benzene rings is 2. The molecule has 1 heterocycles. The standard InChI is InChI=1S/C18H17NO3/c1-10-8-9-11(2)16-15(10)12(3)17(22-16)18(21)19-13-6-4-5-7-14(13)20/h4-9,20H,1-3H3,(H,19,21). The van der Waals surface area contributed by atoms with Gasteiger partial charge < -0.3 is 14.8 Å². The van der Waals surface area contributed by atoms with E-state index < -0.39 is 0 Å². The summed E-state index contributed by atoms with van der Waals surface area (Å²) >= 11 is 0. The maximum absolute atomic E-state index is 12.5. The SMILES string of the molecule is Cc1ccc(C)c2c(C)c(C(=O)Nc3ccccc3O)oc12. The average Bonchev–Trinajstić information content (AvgIpc) is 2.84. The molecule has 0 spiro atoms. The number of rotatable bonds is 2. The molecule has 0 aliphatic rings. The Balaban J connectivity index is 2.05. The van der Waals surface area contributed by atoms with Gasteiger partial charge in [0.05, 0.1) is 5.69 Å². The molecule has 0 aliphatic carbocycles. The predicted octanol–water partition coefficient (Wildman–Crippen LogP) is 4.32. The molecule has 1 amide bonds. The van der Waals surface area contributed by atoms with Crippen LogP contribution >= 0.6 is 0 Å². The summed E-state index contributed by atoms with van der Waals surface area (Å²) in [5, 5.41) is 13.4. The minimum atomic E-state index is -0.367. The van der Waals surface area contributed by atoms with Gasteiger partial charge in [-0.25, -0.2) is 0 Å². The summed E-state index contributed by atoms with van der Waals surface area (Å²) < 4.78 is 5.79. The van der Waals surface area contributed by atoms with E-state index in [1.807, 2.05) is 32.9 Å². The van der Waals surface area contributed by atoms with Crippen LogP contribution in [0.2, 0.25) is 0 Å². The van der Waals surface area contributed by atoms with Crippen molar-refractivity contribution in [1.29, 1.82) is 0 Å². The van der Waals surface area contributed by atoms with Gasteiger partial charge in [0.25, 0.3) is 5.91 Å². The number of furan rings is 1. The number of aromatic hydroxyl groups is 1. The minimum Gasteiger partial charge on any atom is -0.506 e. The Morgan fingerprint density at radius 3 is 2.41 bits per heavy atom. The van der Waals surface area contributed by atoms with Crippen molar-refractivity contribution in [2.45, 2.75) is 20.8 Å². The number of phenols is 1. The number of hydrogen-bond acceptors (Lipinski definition) is 3. The molecule has 0 atom stereocenters. The van der Waals surface area contributed by atoms with Gasteiger partial charge >= 0.3 is 0 Å². The highest BCUT2D eigenvalue weighted by molar-refractivity contribution is 6.07. The van der Waals surface area contributed by atoms with Gasteiger partial charge in [-0.2, -0.15) is 0 Å². The molecule has 0 unspecified atom stereocenters. The maximum Gasteiger partial charge on any atom is 0.291 e. The quantitative estimate of drug-likeness (QED) is 0.692. The van der Waals surface area contributed by atoms with Crippen LogP contribution in [-0.2, 0) is 0 Å². The second-order valence-electron chi connectivity index (χ2n) is 5.43. The molecule has 2 aromatic carbocycles. The molecule has 0 fully saturated rings. The van der Waals surface area contributed by atoms with Crippen LogP contribution in [0.15, 0.2) is 40.8 Å². The molecule has 1 aromatic heterocycles. The van der Waals surface area contributed by atoms with Gasteiger partial charge in [0, 0.05) is 10.9 Å². The topological polar surface area (TPSA) is 62.5 Å². The summed E-state index contributed by atoms with van der Waals surface area (Å²) in [4.78, 5) is 12.5. The third-order valence-corrected chi connectivity index (χ3v) is 3.84. The van der Waals surface area contributed by atoms with Crippen molar-refractivity contribution in [1.82, 2.24) is 0 Å². The number of para-hydroxylation sites is 2. The van der Waals surface area contributed by atoms with Gasteiger partial charge in [-0.05, 0) is 44.0 Å². The zero-order valence-corrected chi connectivity index (χ0v) is 12.7. The molecular formula is C18H17NO3. The lowest BCUT2D eigenvalue weighted by Gasteiger charge is -2.05. The molecule has 0 saturated heterocycles. The van der Waals surface area contributed by atoms with Gasteiger partial charge in [0.15, 0.2) is 5.76 Å². The number of carbonyl (C=O) groups excluding carboxylic acids is 1. The molecule has 0 aliphatic heterocycles. The van der Waals surface area contributed by atoms with Crippen LogP contribution in [0.5, 0.6) is 5.75 Å². The Kier molecular flexibility index (Phi) is 3.37. The fraction of sp³-hybridized carbons (Fsp3) is 0.167. The number of amides is 1. The maximum atomic E-state index is 12.5. The van der Waals surface area contributed by atoms with E-state index in [0.29, 0.717) is 5.69 Å². The van der Waals surface area contributed by atoms with E-state index in [4.69, 9.17) is 4.42 Å². The molecule has 4 heteroatoms. The molecule has 3 rings (SSSR count). The Morgan fingerprint density at radius 1 is 1.05 bits per heavy atom. The second kappa shape index (κ2) is 5.22. The summed E-state index contributed by atoms with van der Waals surface area (Å²) in [5.41, 5.74) is 3.97. The smallest absolute Gasteiger partial charge is 0.291 e. The van der Waals surface area contributed by atoms with Crippen molar-refractivity contribution >= 4 is 22.6 Å². The third-order valence-electron chi connectivity index (χ3n) is 3.84. The average molecular weight is 295 g/mol. The fourth-order valence-corrected chi connectivity index (χ4v) is 2.65. The molecule has 0 bridgehead atoms. The molecule has 22 heavy (non-hydrogen) atoms. The van der Waals surface area contributed by atoms with Crippen LogP contribution in [0.3, 0.4) is 0 Å². The van der Waals surface area contributed by atoms with E-state index in [1.165, 1.54) is 6.07 Å². The lowest BCUT2D eigenvalue weighted by Crippen LogP contribution is -2.12. The van der Waals surface area contributed by atoms with E-state index >= 15 is 0 Å². The number of anilines is 1. The summed E-state index contributed by atoms with van der Waals surface area (Å²) in [6.45, 7) is 5.82. The van der Waals surface area contributed by atoms with E-state index in [9.17, 15) is 9.90 Å². The first kappa shape index (κ1) is 14.2. The lowest BCUT2D eigenvalue weighted by molar-refractivity contribution is 0.0997. The van der Waals surface area contributed by atoms with E-state index in [-0.39, 0.29) is 17.4 Å². The van der Waals surface area contributed by atoms with E-state index in [1.54, 1.807) is 18.2 Å². The molecule has 3 aromatic rings. The molecule has 112 valence electrons. The Morgan fingerprint density at radius 2 is 1.73 bits per heavy atom. The monoisotopic (exact) mass is 295 g/mol. The molecule has 2 N–H and O–H groups in total. The van der Waals surface area contributed by atoms with Gasteiger partial charge in [-0.1, -0.05) is 24.3 Å². The molecule has 0 radical (unpaired) electrons. The Hall–Kier alpha value is -2.75. The van der Waals surface area contributed by atoms with Crippen molar-refractivity contribution in [3.8, 4) is 5.75 Å². The zero-order valence-electron chi connectivity index (χ0n) is 12.7. The third kappa shape index (κ3) is 2.22. The lowest BCUT2D eigenvalue weighted by atomic mass is 10.0. The van der Waals surface area contributed by atoms with E-state index in [2.05, 4.69) is 5.32 Å². The Labute approximate surface area is 128 Å². The number of aryl methyl sites for hydroxylation is 3. The normalized spacial score (nSPS) is 10.9. The van der Waals surface area contributed by atoms with Crippen molar-refractivity contribution in [2.24, 2.45) is 0 Å². The van der Waals surface area contributed by atoms with Crippen LogP contribution in [0.25, 0.3) is 11.0 Å². The highest BCUT2D eigenvalue weighted by Gasteiger charge is 2.20. The number of fused-ring (bicyclic) bond motifs is 1. The highest BCUT2D eigenvalue weighted by atomic mass is 16.3. The molecule has 0 saturated carbocycles. The van der Waals surface area contributed by atoms with Gasteiger partial charge in [-0.15, -0.1) is 0 Å². The largest absolute Gasteiger partial charge is 0.506 e. The molecular weight excluding hydrogens is 278 g/mol. The number of carbonyl (C=O) groups is 1. The van der Waals surface area contributed by atoms with Crippen LogP contribution in [0, 0.1) is 20.8 Å². The molecule has 4 nitrogen and oxygen atoms in total. The Bertz CT molecular complexity index is 877. The van der Waals surface area contributed by atoms with Crippen LogP contribution < -0.4 is 5.32 Å². The van der Waals surface area contributed by atoms with Crippen molar-refractivity contribution in [3.05, 3.63) is 58.8 Å². The van der Waals surface area contributed by atoms with Gasteiger partial charge in [-0.3, -0.25) is 4.79 Å². The zero-order chi connectivity index (χ0) is 15.9. The van der Waals surface area contributed by atoms with Crippen LogP contribution in [0.4, 0.5) is 5.69 Å². The van der Waals surface area contributed by atoms with Crippen molar-refractivity contribution in [2.75, 3.05) is 5.32 Å².